The van der Waals surface area contributed by atoms with Crippen molar-refractivity contribution in [1.29, 1.82) is 0 Å². The molecule has 0 bridgehead atoms. The Bertz CT molecular complexity index is 622. The number of aryl methyl sites for hydroxylation is 2. The molecule has 2 aromatic rings. The van der Waals surface area contributed by atoms with Crippen LogP contribution in [0, 0.1) is 12.8 Å². The van der Waals surface area contributed by atoms with Crippen molar-refractivity contribution in [3.8, 4) is 11.5 Å². The molecule has 0 aliphatic heterocycles. The van der Waals surface area contributed by atoms with Gasteiger partial charge >= 0.3 is 0 Å². The highest BCUT2D eigenvalue weighted by molar-refractivity contribution is 5.76. The third kappa shape index (κ3) is 5.49. The van der Waals surface area contributed by atoms with Crippen molar-refractivity contribution in [2.45, 2.75) is 33.1 Å². The number of aromatic nitrogens is 2. The molecule has 0 radical (unpaired) electrons. The van der Waals surface area contributed by atoms with E-state index in [1.807, 2.05) is 38.1 Å². The topological polar surface area (TPSA) is 88.2 Å². The van der Waals surface area contributed by atoms with Gasteiger partial charge in [0.1, 0.15) is 0 Å². The summed E-state index contributed by atoms with van der Waals surface area (Å²) in [5.41, 5.74) is 2.04. The lowest BCUT2D eigenvalue weighted by atomic mass is 10.1. The summed E-state index contributed by atoms with van der Waals surface area (Å²) in [7, 11) is 0. The zero-order valence-corrected chi connectivity index (χ0v) is 13.6. The van der Waals surface area contributed by atoms with Gasteiger partial charge in [0, 0.05) is 31.6 Å². The van der Waals surface area contributed by atoms with Gasteiger partial charge in [-0.2, -0.15) is 0 Å². The Kier molecular flexibility index (Phi) is 6.29. The van der Waals surface area contributed by atoms with Crippen LogP contribution >= 0.6 is 0 Å². The third-order valence-corrected chi connectivity index (χ3v) is 3.60. The fraction of sp³-hybridized carbons (Fsp3) is 0.471. The molecule has 2 N–H and O–H groups in total. The normalized spacial score (nSPS) is 12.1. The van der Waals surface area contributed by atoms with Crippen LogP contribution in [0.1, 0.15) is 31.2 Å². The first kappa shape index (κ1) is 17.1. The number of carbonyl (C=O) groups is 1. The maximum absolute atomic E-state index is 11.8. The first-order chi connectivity index (χ1) is 11.1. The van der Waals surface area contributed by atoms with Crippen LogP contribution in [0.2, 0.25) is 0 Å². The fourth-order valence-corrected chi connectivity index (χ4v) is 2.09. The molecule has 1 unspecified atom stereocenters. The van der Waals surface area contributed by atoms with Crippen molar-refractivity contribution in [2.75, 3.05) is 13.2 Å². The molecule has 0 aliphatic carbocycles. The number of aliphatic hydroxyl groups excluding tert-OH is 1. The minimum absolute atomic E-state index is 0.0510. The molecule has 0 fully saturated rings. The Hall–Kier alpha value is -2.21. The summed E-state index contributed by atoms with van der Waals surface area (Å²) in [5.74, 6) is 1.14. The summed E-state index contributed by atoms with van der Waals surface area (Å²) in [5, 5.41) is 19.7. The van der Waals surface area contributed by atoms with Crippen LogP contribution in [-0.2, 0) is 11.2 Å². The number of carbonyl (C=O) groups excluding carboxylic acids is 1. The molecule has 2 rings (SSSR count). The maximum Gasteiger partial charge on any atom is 0.247 e. The monoisotopic (exact) mass is 317 g/mol. The zero-order valence-electron chi connectivity index (χ0n) is 13.6. The van der Waals surface area contributed by atoms with Crippen molar-refractivity contribution in [2.24, 2.45) is 5.92 Å². The number of nitrogens with one attached hydrogen (secondary N) is 1. The summed E-state index contributed by atoms with van der Waals surface area (Å²) >= 11 is 0. The van der Waals surface area contributed by atoms with E-state index in [1.165, 1.54) is 5.56 Å². The van der Waals surface area contributed by atoms with Gasteiger partial charge in [0.2, 0.25) is 17.7 Å². The smallest absolute Gasteiger partial charge is 0.247 e. The first-order valence-electron chi connectivity index (χ1n) is 7.85. The predicted molar refractivity (Wildman–Crippen MR) is 86.7 cm³/mol. The Morgan fingerprint density at radius 3 is 2.74 bits per heavy atom. The first-order valence-corrected chi connectivity index (χ1v) is 7.85. The Balaban J connectivity index is 1.80. The van der Waals surface area contributed by atoms with E-state index in [-0.39, 0.29) is 18.4 Å². The number of rotatable bonds is 8. The van der Waals surface area contributed by atoms with Crippen LogP contribution in [0.15, 0.2) is 28.7 Å². The van der Waals surface area contributed by atoms with Crippen molar-refractivity contribution < 1.29 is 14.3 Å². The lowest BCUT2D eigenvalue weighted by molar-refractivity contribution is -0.121. The molecule has 6 nitrogen and oxygen atoms in total. The second kappa shape index (κ2) is 8.43. The van der Waals surface area contributed by atoms with E-state index in [9.17, 15) is 4.79 Å². The standard InChI is InChI=1S/C17H23N3O3/c1-12-3-5-14(6-4-12)17-20-19-16(23-17)8-7-15(22)18-11-13(2)9-10-21/h3-6,13,21H,7-11H2,1-2H3,(H,18,22). The van der Waals surface area contributed by atoms with Crippen molar-refractivity contribution in [1.82, 2.24) is 15.5 Å². The Labute approximate surface area is 135 Å². The molecule has 1 aromatic carbocycles. The zero-order chi connectivity index (χ0) is 16.7. The highest BCUT2D eigenvalue weighted by Gasteiger charge is 2.11. The van der Waals surface area contributed by atoms with Crippen LogP contribution in [-0.4, -0.2) is 34.4 Å². The van der Waals surface area contributed by atoms with E-state index in [1.54, 1.807) is 0 Å². The molecular weight excluding hydrogens is 294 g/mol. The summed E-state index contributed by atoms with van der Waals surface area (Å²) in [6.45, 7) is 4.71. The number of aliphatic hydroxyl groups is 1. The third-order valence-electron chi connectivity index (χ3n) is 3.60. The molecule has 1 heterocycles. The van der Waals surface area contributed by atoms with E-state index >= 15 is 0 Å². The van der Waals surface area contributed by atoms with E-state index in [0.29, 0.717) is 37.6 Å². The number of hydrogen-bond donors (Lipinski definition) is 2. The second-order valence-electron chi connectivity index (χ2n) is 5.79. The van der Waals surface area contributed by atoms with Gasteiger partial charge in [0.25, 0.3) is 0 Å². The molecule has 0 aliphatic rings. The number of nitrogens with zero attached hydrogens (tertiary/aromatic N) is 2. The Morgan fingerprint density at radius 2 is 2.04 bits per heavy atom. The number of amides is 1. The largest absolute Gasteiger partial charge is 0.421 e. The SMILES string of the molecule is Cc1ccc(-c2nnc(CCC(=O)NCC(C)CCO)o2)cc1. The quantitative estimate of drug-likeness (QED) is 0.778. The van der Waals surface area contributed by atoms with E-state index < -0.39 is 0 Å². The van der Waals surface area contributed by atoms with E-state index in [2.05, 4.69) is 15.5 Å². The Morgan fingerprint density at radius 1 is 1.30 bits per heavy atom. The van der Waals surface area contributed by atoms with Crippen LogP contribution in [0.25, 0.3) is 11.5 Å². The lowest BCUT2D eigenvalue weighted by Gasteiger charge is -2.10. The molecule has 23 heavy (non-hydrogen) atoms. The van der Waals surface area contributed by atoms with Crippen LogP contribution in [0.5, 0.6) is 0 Å². The van der Waals surface area contributed by atoms with Crippen molar-refractivity contribution in [3.63, 3.8) is 0 Å². The average molecular weight is 317 g/mol. The van der Waals surface area contributed by atoms with Gasteiger partial charge < -0.3 is 14.8 Å². The highest BCUT2D eigenvalue weighted by Crippen LogP contribution is 2.18. The fourth-order valence-electron chi connectivity index (χ4n) is 2.09. The summed E-state index contributed by atoms with van der Waals surface area (Å²) in [4.78, 5) is 11.8. The number of benzene rings is 1. The van der Waals surface area contributed by atoms with Crippen LogP contribution in [0.4, 0.5) is 0 Å². The van der Waals surface area contributed by atoms with Crippen molar-refractivity contribution >= 4 is 5.91 Å². The molecule has 1 amide bonds. The van der Waals surface area contributed by atoms with E-state index in [0.717, 1.165) is 5.56 Å². The maximum atomic E-state index is 11.8. The van der Waals surface area contributed by atoms with Crippen LogP contribution < -0.4 is 5.32 Å². The molecule has 124 valence electrons. The van der Waals surface area contributed by atoms with Gasteiger partial charge in [-0.05, 0) is 31.4 Å². The summed E-state index contributed by atoms with van der Waals surface area (Å²) in [6.07, 6.45) is 1.41. The summed E-state index contributed by atoms with van der Waals surface area (Å²) in [6, 6.07) is 7.84. The van der Waals surface area contributed by atoms with Gasteiger partial charge in [0.15, 0.2) is 0 Å². The molecule has 0 saturated heterocycles. The summed E-state index contributed by atoms with van der Waals surface area (Å²) < 4.78 is 5.59. The van der Waals surface area contributed by atoms with Gasteiger partial charge in [-0.15, -0.1) is 10.2 Å². The van der Waals surface area contributed by atoms with E-state index in [4.69, 9.17) is 9.52 Å². The number of hydrogen-bond acceptors (Lipinski definition) is 5. The van der Waals surface area contributed by atoms with Gasteiger partial charge in [-0.1, -0.05) is 24.6 Å². The molecule has 6 heteroatoms. The lowest BCUT2D eigenvalue weighted by Crippen LogP contribution is -2.28. The van der Waals surface area contributed by atoms with Crippen LogP contribution in [0.3, 0.4) is 0 Å². The average Bonchev–Trinajstić information content (AvgIpc) is 3.01. The molecule has 0 spiro atoms. The molecular formula is C17H23N3O3. The predicted octanol–water partition coefficient (Wildman–Crippen LogP) is 2.11. The molecule has 1 atom stereocenters. The molecule has 0 saturated carbocycles. The molecule has 1 aromatic heterocycles. The van der Waals surface area contributed by atoms with Gasteiger partial charge in [-0.25, -0.2) is 0 Å². The highest BCUT2D eigenvalue weighted by atomic mass is 16.4. The van der Waals surface area contributed by atoms with Gasteiger partial charge in [-0.3, -0.25) is 4.79 Å². The minimum atomic E-state index is -0.0510. The second-order valence-corrected chi connectivity index (χ2v) is 5.79. The minimum Gasteiger partial charge on any atom is -0.421 e. The van der Waals surface area contributed by atoms with Gasteiger partial charge in [0.05, 0.1) is 0 Å². The van der Waals surface area contributed by atoms with Crippen molar-refractivity contribution in [3.05, 3.63) is 35.7 Å².